The average Bonchev–Trinajstić information content (AvgIpc) is 2.96. The SMILES string of the molecule is C.CC1C2CCC3(C)C(=O)CCC=C3C2(C)CCC12OCCO2. The summed E-state index contributed by atoms with van der Waals surface area (Å²) in [5.41, 5.74) is 1.38. The molecule has 4 atom stereocenters. The molecule has 3 aliphatic carbocycles. The van der Waals surface area contributed by atoms with Crippen LogP contribution in [0.1, 0.15) is 66.7 Å². The van der Waals surface area contributed by atoms with Crippen LogP contribution in [-0.2, 0) is 14.3 Å². The van der Waals surface area contributed by atoms with Crippen LogP contribution in [0.2, 0.25) is 0 Å². The summed E-state index contributed by atoms with van der Waals surface area (Å²) >= 11 is 0. The Kier molecular flexibility index (Phi) is 4.04. The zero-order valence-electron chi connectivity index (χ0n) is 14.1. The molecule has 3 fully saturated rings. The molecule has 130 valence electrons. The third kappa shape index (κ3) is 2.12. The first-order chi connectivity index (χ1) is 10.4. The van der Waals surface area contributed by atoms with Crippen molar-refractivity contribution in [2.24, 2.45) is 22.7 Å². The van der Waals surface area contributed by atoms with Crippen LogP contribution in [0.25, 0.3) is 0 Å². The van der Waals surface area contributed by atoms with Gasteiger partial charge in [0, 0.05) is 24.2 Å². The van der Waals surface area contributed by atoms with E-state index in [4.69, 9.17) is 9.47 Å². The van der Waals surface area contributed by atoms with Gasteiger partial charge >= 0.3 is 0 Å². The number of ketones is 1. The number of hydrogen-bond donors (Lipinski definition) is 0. The molecule has 2 saturated carbocycles. The Labute approximate surface area is 140 Å². The minimum Gasteiger partial charge on any atom is -0.347 e. The van der Waals surface area contributed by atoms with E-state index < -0.39 is 0 Å². The second kappa shape index (κ2) is 5.42. The van der Waals surface area contributed by atoms with Crippen molar-refractivity contribution in [2.75, 3.05) is 13.2 Å². The second-order valence-corrected chi connectivity index (χ2v) is 8.27. The summed E-state index contributed by atoms with van der Waals surface area (Å²) in [6, 6.07) is 0. The van der Waals surface area contributed by atoms with Crippen molar-refractivity contribution in [1.29, 1.82) is 0 Å². The Morgan fingerprint density at radius 3 is 2.52 bits per heavy atom. The molecule has 4 rings (SSSR count). The van der Waals surface area contributed by atoms with Crippen molar-refractivity contribution in [3.8, 4) is 0 Å². The van der Waals surface area contributed by atoms with E-state index >= 15 is 0 Å². The van der Waals surface area contributed by atoms with Gasteiger partial charge in [0.05, 0.1) is 13.2 Å². The van der Waals surface area contributed by atoms with E-state index in [0.717, 1.165) is 51.7 Å². The Bertz CT molecular complexity index is 531. The molecular formula is C20H32O3. The molecule has 3 nitrogen and oxygen atoms in total. The Hall–Kier alpha value is -0.670. The molecule has 0 aromatic carbocycles. The van der Waals surface area contributed by atoms with Crippen molar-refractivity contribution in [3.05, 3.63) is 11.6 Å². The van der Waals surface area contributed by atoms with E-state index in [1.807, 2.05) is 0 Å². The highest BCUT2D eigenvalue weighted by molar-refractivity contribution is 5.89. The summed E-state index contributed by atoms with van der Waals surface area (Å²) in [5, 5.41) is 0. The molecule has 1 aliphatic heterocycles. The minimum atomic E-state index is -0.350. The van der Waals surface area contributed by atoms with E-state index in [2.05, 4.69) is 26.8 Å². The molecule has 0 amide bonds. The van der Waals surface area contributed by atoms with E-state index in [1.165, 1.54) is 5.57 Å². The monoisotopic (exact) mass is 320 g/mol. The summed E-state index contributed by atoms with van der Waals surface area (Å²) in [7, 11) is 0. The summed E-state index contributed by atoms with van der Waals surface area (Å²) < 4.78 is 12.1. The highest BCUT2D eigenvalue weighted by Gasteiger charge is 2.61. The Balaban J connectivity index is 0.00000156. The zero-order valence-corrected chi connectivity index (χ0v) is 14.1. The lowest BCUT2D eigenvalue weighted by Gasteiger charge is -2.60. The molecule has 0 radical (unpaired) electrons. The Morgan fingerprint density at radius 1 is 1.13 bits per heavy atom. The first kappa shape index (κ1) is 17.2. The van der Waals surface area contributed by atoms with Gasteiger partial charge in [-0.1, -0.05) is 32.9 Å². The normalized spacial score (nSPS) is 45.0. The molecule has 0 aromatic heterocycles. The molecule has 4 unspecified atom stereocenters. The van der Waals surface area contributed by atoms with E-state index in [-0.39, 0.29) is 24.0 Å². The van der Waals surface area contributed by atoms with Crippen LogP contribution in [-0.4, -0.2) is 24.8 Å². The lowest BCUT2D eigenvalue weighted by Crippen LogP contribution is -2.57. The highest BCUT2D eigenvalue weighted by Crippen LogP contribution is 2.64. The van der Waals surface area contributed by atoms with Gasteiger partial charge in [0.15, 0.2) is 5.79 Å². The van der Waals surface area contributed by atoms with Crippen molar-refractivity contribution < 1.29 is 14.3 Å². The molecule has 1 spiro atoms. The van der Waals surface area contributed by atoms with Crippen LogP contribution in [0.5, 0.6) is 0 Å². The van der Waals surface area contributed by atoms with Gasteiger partial charge in [-0.25, -0.2) is 0 Å². The summed E-state index contributed by atoms with van der Waals surface area (Å²) in [4.78, 5) is 12.6. The molecule has 23 heavy (non-hydrogen) atoms. The standard InChI is InChI=1S/C19H28O3.CH4/c1-13-14-7-8-18(3)15(5-4-6-16(18)20)17(14,2)9-10-19(13)21-11-12-22-19;/h5,13-14H,4,6-12H2,1-3H3;1H4. The largest absolute Gasteiger partial charge is 0.347 e. The van der Waals surface area contributed by atoms with Gasteiger partial charge in [-0.15, -0.1) is 0 Å². The third-order valence-corrected chi connectivity index (χ3v) is 7.38. The van der Waals surface area contributed by atoms with Gasteiger partial charge in [0.2, 0.25) is 0 Å². The lowest BCUT2D eigenvalue weighted by atomic mass is 9.46. The fraction of sp³-hybridized carbons (Fsp3) is 0.850. The zero-order chi connectivity index (χ0) is 15.6. The molecule has 4 aliphatic rings. The van der Waals surface area contributed by atoms with Crippen molar-refractivity contribution in [2.45, 2.75) is 72.5 Å². The fourth-order valence-corrected chi connectivity index (χ4v) is 6.07. The van der Waals surface area contributed by atoms with Crippen LogP contribution in [0.4, 0.5) is 0 Å². The summed E-state index contributed by atoms with van der Waals surface area (Å²) in [6.45, 7) is 8.36. The predicted octanol–water partition coefficient (Wildman–Crippen LogP) is 4.51. The number of carbonyl (C=O) groups excluding carboxylic acids is 1. The summed E-state index contributed by atoms with van der Waals surface area (Å²) in [5.74, 6) is 1.07. The average molecular weight is 320 g/mol. The minimum absolute atomic E-state index is 0. The van der Waals surface area contributed by atoms with Crippen molar-refractivity contribution in [3.63, 3.8) is 0 Å². The maximum atomic E-state index is 12.6. The predicted molar refractivity (Wildman–Crippen MR) is 91.0 cm³/mol. The fourth-order valence-electron chi connectivity index (χ4n) is 6.07. The van der Waals surface area contributed by atoms with E-state index in [9.17, 15) is 4.79 Å². The van der Waals surface area contributed by atoms with Gasteiger partial charge in [0.25, 0.3) is 0 Å². The maximum Gasteiger partial charge on any atom is 0.171 e. The van der Waals surface area contributed by atoms with Gasteiger partial charge < -0.3 is 9.47 Å². The number of fused-ring (bicyclic) bond motifs is 3. The number of ether oxygens (including phenoxy) is 2. The quantitative estimate of drug-likeness (QED) is 0.616. The first-order valence-corrected chi connectivity index (χ1v) is 8.95. The molecular weight excluding hydrogens is 288 g/mol. The highest BCUT2D eigenvalue weighted by atomic mass is 16.7. The van der Waals surface area contributed by atoms with Crippen molar-refractivity contribution in [1.82, 2.24) is 0 Å². The van der Waals surface area contributed by atoms with Gasteiger partial charge in [0.1, 0.15) is 5.78 Å². The molecule has 0 aromatic rings. The van der Waals surface area contributed by atoms with Gasteiger partial charge in [-0.05, 0) is 43.9 Å². The smallest absolute Gasteiger partial charge is 0.171 e. The van der Waals surface area contributed by atoms with Crippen LogP contribution in [0, 0.1) is 22.7 Å². The van der Waals surface area contributed by atoms with Crippen LogP contribution in [0.3, 0.4) is 0 Å². The number of rotatable bonds is 0. The van der Waals surface area contributed by atoms with E-state index in [0.29, 0.717) is 17.6 Å². The third-order valence-electron chi connectivity index (χ3n) is 7.38. The van der Waals surface area contributed by atoms with Crippen LogP contribution in [0.15, 0.2) is 11.6 Å². The molecule has 1 saturated heterocycles. The first-order valence-electron chi connectivity index (χ1n) is 8.95. The van der Waals surface area contributed by atoms with Crippen LogP contribution >= 0.6 is 0 Å². The number of hydrogen-bond acceptors (Lipinski definition) is 3. The Morgan fingerprint density at radius 2 is 1.83 bits per heavy atom. The van der Waals surface area contributed by atoms with Gasteiger partial charge in [-0.3, -0.25) is 4.79 Å². The molecule has 1 heterocycles. The van der Waals surface area contributed by atoms with E-state index in [1.54, 1.807) is 0 Å². The van der Waals surface area contributed by atoms with Gasteiger partial charge in [-0.2, -0.15) is 0 Å². The molecule has 0 N–H and O–H groups in total. The second-order valence-electron chi connectivity index (χ2n) is 8.27. The maximum absolute atomic E-state index is 12.6. The van der Waals surface area contributed by atoms with Crippen LogP contribution < -0.4 is 0 Å². The summed E-state index contributed by atoms with van der Waals surface area (Å²) in [6.07, 6.45) is 8.21. The van der Waals surface area contributed by atoms with Crippen molar-refractivity contribution >= 4 is 5.78 Å². The number of carbonyl (C=O) groups is 1. The molecule has 3 heteroatoms. The number of allylic oxidation sites excluding steroid dienone is 2. The number of Topliss-reactive ketones (excluding diaryl/α,β-unsaturated/α-hetero) is 1. The molecule has 0 bridgehead atoms. The topological polar surface area (TPSA) is 35.5 Å². The lowest BCUT2D eigenvalue weighted by molar-refractivity contribution is -0.243.